The van der Waals surface area contributed by atoms with Gasteiger partial charge < -0.3 is 9.80 Å². The fourth-order valence-electron chi connectivity index (χ4n) is 3.83. The van der Waals surface area contributed by atoms with Gasteiger partial charge in [-0.2, -0.15) is 9.36 Å². The summed E-state index contributed by atoms with van der Waals surface area (Å²) < 4.78 is 4.51. The molecule has 0 atom stereocenters. The number of nitrogens with zero attached hydrogens (tertiary/aromatic N) is 4. The highest BCUT2D eigenvalue weighted by molar-refractivity contribution is 7.09. The van der Waals surface area contributed by atoms with Gasteiger partial charge in [0.05, 0.1) is 5.02 Å². The first kappa shape index (κ1) is 17.5. The standard InChI is InChI=1S/C18H22Cl2N4S/c19-13-4-5-15(16(20)12-13)17-21-18(25-22-17)24-10-6-14(7-11-24)23-8-2-1-3-9-23/h4-5,12,14H,1-3,6-11H2. The van der Waals surface area contributed by atoms with Gasteiger partial charge in [-0.15, -0.1) is 0 Å². The molecule has 2 saturated heterocycles. The van der Waals surface area contributed by atoms with E-state index in [1.54, 1.807) is 6.07 Å². The van der Waals surface area contributed by atoms with Crippen LogP contribution in [-0.2, 0) is 0 Å². The minimum atomic E-state index is 0.598. The van der Waals surface area contributed by atoms with Crippen LogP contribution in [0.15, 0.2) is 18.2 Å². The summed E-state index contributed by atoms with van der Waals surface area (Å²) >= 11 is 13.7. The smallest absolute Gasteiger partial charge is 0.205 e. The average Bonchev–Trinajstić information content (AvgIpc) is 3.12. The second-order valence-electron chi connectivity index (χ2n) is 6.84. The van der Waals surface area contributed by atoms with Crippen molar-refractivity contribution in [1.82, 2.24) is 14.3 Å². The van der Waals surface area contributed by atoms with Crippen molar-refractivity contribution in [3.05, 3.63) is 28.2 Å². The van der Waals surface area contributed by atoms with Crippen LogP contribution >= 0.6 is 34.7 Å². The van der Waals surface area contributed by atoms with E-state index in [-0.39, 0.29) is 0 Å². The quantitative estimate of drug-likeness (QED) is 0.732. The Balaban J connectivity index is 1.41. The van der Waals surface area contributed by atoms with E-state index in [4.69, 9.17) is 28.2 Å². The van der Waals surface area contributed by atoms with E-state index in [1.807, 2.05) is 12.1 Å². The molecule has 0 amide bonds. The number of hydrogen-bond acceptors (Lipinski definition) is 5. The van der Waals surface area contributed by atoms with Crippen molar-refractivity contribution in [2.75, 3.05) is 31.1 Å². The summed E-state index contributed by atoms with van der Waals surface area (Å²) in [5, 5.41) is 2.22. The van der Waals surface area contributed by atoms with Crippen molar-refractivity contribution in [2.45, 2.75) is 38.1 Å². The third-order valence-electron chi connectivity index (χ3n) is 5.23. The van der Waals surface area contributed by atoms with Crippen LogP contribution in [0.5, 0.6) is 0 Å². The fraction of sp³-hybridized carbons (Fsp3) is 0.556. The highest BCUT2D eigenvalue weighted by Gasteiger charge is 2.27. The molecule has 1 aromatic carbocycles. The number of halogens is 2. The van der Waals surface area contributed by atoms with Gasteiger partial charge in [-0.1, -0.05) is 29.6 Å². The van der Waals surface area contributed by atoms with Crippen LogP contribution in [0.4, 0.5) is 5.13 Å². The summed E-state index contributed by atoms with van der Waals surface area (Å²) in [4.78, 5) is 9.79. The predicted molar refractivity (Wildman–Crippen MR) is 106 cm³/mol. The topological polar surface area (TPSA) is 32.3 Å². The molecular weight excluding hydrogens is 375 g/mol. The van der Waals surface area contributed by atoms with Crippen LogP contribution in [-0.4, -0.2) is 46.5 Å². The normalized spacial score (nSPS) is 20.2. The molecular formula is C18H22Cl2N4S. The van der Waals surface area contributed by atoms with Crippen LogP contribution < -0.4 is 4.90 Å². The zero-order chi connectivity index (χ0) is 17.2. The molecule has 134 valence electrons. The van der Waals surface area contributed by atoms with Crippen molar-refractivity contribution in [3.63, 3.8) is 0 Å². The summed E-state index contributed by atoms with van der Waals surface area (Å²) in [7, 11) is 0. The van der Waals surface area contributed by atoms with E-state index in [9.17, 15) is 0 Å². The molecule has 7 heteroatoms. The lowest BCUT2D eigenvalue weighted by molar-refractivity contribution is 0.141. The Hall–Kier alpha value is -0.880. The van der Waals surface area contributed by atoms with Crippen molar-refractivity contribution < 1.29 is 0 Å². The monoisotopic (exact) mass is 396 g/mol. The second kappa shape index (κ2) is 7.78. The molecule has 4 nitrogen and oxygen atoms in total. The van der Waals surface area contributed by atoms with E-state index in [2.05, 4.69) is 14.2 Å². The van der Waals surface area contributed by atoms with Gasteiger partial charge >= 0.3 is 0 Å². The van der Waals surface area contributed by atoms with Gasteiger partial charge in [0.15, 0.2) is 5.82 Å². The molecule has 0 saturated carbocycles. The van der Waals surface area contributed by atoms with E-state index in [0.717, 1.165) is 29.8 Å². The summed E-state index contributed by atoms with van der Waals surface area (Å²) in [5.41, 5.74) is 0.844. The van der Waals surface area contributed by atoms with E-state index in [1.165, 1.54) is 56.7 Å². The fourth-order valence-corrected chi connectivity index (χ4v) is 5.06. The Morgan fingerprint density at radius 3 is 2.48 bits per heavy atom. The molecule has 2 aliphatic heterocycles. The van der Waals surface area contributed by atoms with Crippen LogP contribution in [0.3, 0.4) is 0 Å². The van der Waals surface area contributed by atoms with Crippen LogP contribution in [0.1, 0.15) is 32.1 Å². The summed E-state index contributed by atoms with van der Waals surface area (Å²) in [5.74, 6) is 0.694. The molecule has 0 spiro atoms. The molecule has 0 radical (unpaired) electrons. The molecule has 0 bridgehead atoms. The first-order valence-electron chi connectivity index (χ1n) is 8.99. The molecule has 2 aromatic rings. The zero-order valence-corrected chi connectivity index (χ0v) is 16.5. The van der Waals surface area contributed by atoms with E-state index >= 15 is 0 Å². The first-order chi connectivity index (χ1) is 12.2. The third kappa shape index (κ3) is 3.95. The largest absolute Gasteiger partial charge is 0.347 e. The van der Waals surface area contributed by atoms with Crippen LogP contribution in [0.2, 0.25) is 10.0 Å². The van der Waals surface area contributed by atoms with Crippen LogP contribution in [0, 0.1) is 0 Å². The average molecular weight is 397 g/mol. The minimum absolute atomic E-state index is 0.598. The Labute approximate surface area is 162 Å². The molecule has 0 N–H and O–H groups in total. The van der Waals surface area contributed by atoms with Crippen LogP contribution in [0.25, 0.3) is 11.4 Å². The van der Waals surface area contributed by atoms with Gasteiger partial charge in [-0.25, -0.2) is 0 Å². The zero-order valence-electron chi connectivity index (χ0n) is 14.1. The molecule has 0 unspecified atom stereocenters. The Morgan fingerprint density at radius 1 is 1.00 bits per heavy atom. The molecule has 25 heavy (non-hydrogen) atoms. The second-order valence-corrected chi connectivity index (χ2v) is 8.41. The van der Waals surface area contributed by atoms with Crippen molar-refractivity contribution in [2.24, 2.45) is 0 Å². The summed E-state index contributed by atoms with van der Waals surface area (Å²) in [6.07, 6.45) is 6.56. The highest BCUT2D eigenvalue weighted by Crippen LogP contribution is 2.32. The number of hydrogen-bond donors (Lipinski definition) is 0. The maximum atomic E-state index is 6.29. The SMILES string of the molecule is Clc1ccc(-c2nsc(N3CCC(N4CCCCC4)CC3)n2)c(Cl)c1. The van der Waals surface area contributed by atoms with Crippen molar-refractivity contribution in [3.8, 4) is 11.4 Å². The molecule has 2 aliphatic rings. The Morgan fingerprint density at radius 2 is 1.76 bits per heavy atom. The Bertz CT molecular complexity index is 722. The van der Waals surface area contributed by atoms with Gasteiger partial charge in [-0.3, -0.25) is 0 Å². The number of benzene rings is 1. The maximum absolute atomic E-state index is 6.29. The molecule has 2 fully saturated rings. The molecule has 3 heterocycles. The first-order valence-corrected chi connectivity index (χ1v) is 10.5. The van der Waals surface area contributed by atoms with Gasteiger partial charge in [0.2, 0.25) is 5.13 Å². The number of likely N-dealkylation sites (tertiary alicyclic amines) is 1. The Kier molecular flexibility index (Phi) is 5.46. The molecule has 4 rings (SSSR count). The molecule has 1 aromatic heterocycles. The van der Waals surface area contributed by atoms with Gasteiger partial charge in [0, 0.05) is 41.2 Å². The lowest BCUT2D eigenvalue weighted by atomic mass is 10.0. The van der Waals surface area contributed by atoms with Gasteiger partial charge in [0.25, 0.3) is 0 Å². The predicted octanol–water partition coefficient (Wildman–Crippen LogP) is 4.97. The number of aromatic nitrogens is 2. The number of rotatable bonds is 3. The lowest BCUT2D eigenvalue weighted by Gasteiger charge is -2.40. The van der Waals surface area contributed by atoms with Crippen molar-refractivity contribution >= 4 is 39.9 Å². The van der Waals surface area contributed by atoms with E-state index < -0.39 is 0 Å². The van der Waals surface area contributed by atoms with Crippen molar-refractivity contribution in [1.29, 1.82) is 0 Å². The van der Waals surface area contributed by atoms with Gasteiger partial charge in [-0.05, 0) is 57.0 Å². The summed E-state index contributed by atoms with van der Waals surface area (Å²) in [6.45, 7) is 4.68. The summed E-state index contributed by atoms with van der Waals surface area (Å²) in [6, 6.07) is 6.20. The third-order valence-corrected chi connectivity index (χ3v) is 6.55. The van der Waals surface area contributed by atoms with Gasteiger partial charge in [0.1, 0.15) is 0 Å². The molecule has 0 aliphatic carbocycles. The van der Waals surface area contributed by atoms with E-state index in [0.29, 0.717) is 15.9 Å². The minimum Gasteiger partial charge on any atom is -0.347 e. The maximum Gasteiger partial charge on any atom is 0.205 e. The number of piperidine rings is 2. The number of anilines is 1. The highest BCUT2D eigenvalue weighted by atomic mass is 35.5. The lowest BCUT2D eigenvalue weighted by Crippen LogP contribution is -2.46.